The maximum Gasteiger partial charge on any atom is 0.226 e. The monoisotopic (exact) mass is 263 g/mol. The van der Waals surface area contributed by atoms with Crippen molar-refractivity contribution in [3.63, 3.8) is 0 Å². The van der Waals surface area contributed by atoms with Crippen LogP contribution in [0.3, 0.4) is 0 Å². The van der Waals surface area contributed by atoms with Gasteiger partial charge < -0.3 is 10.0 Å². The Labute approximate surface area is 112 Å². The first-order chi connectivity index (χ1) is 9.20. The molecule has 1 aliphatic carbocycles. The number of nitrogens with zero attached hydrogens (tertiary/aromatic N) is 1. The Bertz CT molecular complexity index is 491. The summed E-state index contributed by atoms with van der Waals surface area (Å²) >= 11 is 0. The molecule has 3 atom stereocenters. The molecule has 4 heteroatoms. The number of likely N-dealkylation sites (tertiary alicyclic amines) is 1. The molecular weight excluding hydrogens is 245 g/mol. The van der Waals surface area contributed by atoms with Gasteiger partial charge in [-0.2, -0.15) is 0 Å². The van der Waals surface area contributed by atoms with Crippen LogP contribution in [-0.2, 0) is 4.79 Å². The number of hydrogen-bond donors (Lipinski definition) is 1. The molecule has 1 heterocycles. The van der Waals surface area contributed by atoms with E-state index in [2.05, 4.69) is 0 Å². The molecule has 0 bridgehead atoms. The molecule has 1 saturated heterocycles. The third-order valence-electron chi connectivity index (χ3n) is 4.26. The first-order valence-electron chi connectivity index (χ1n) is 6.87. The van der Waals surface area contributed by atoms with Crippen molar-refractivity contribution >= 4 is 5.91 Å². The predicted octanol–water partition coefficient (Wildman–Crippen LogP) is 1.91. The minimum Gasteiger partial charge on any atom is -0.394 e. The van der Waals surface area contributed by atoms with Crippen LogP contribution in [0.1, 0.15) is 30.7 Å². The molecule has 0 unspecified atom stereocenters. The van der Waals surface area contributed by atoms with E-state index < -0.39 is 0 Å². The quantitative estimate of drug-likeness (QED) is 0.905. The molecule has 2 aliphatic rings. The third kappa shape index (κ3) is 2.37. The van der Waals surface area contributed by atoms with Gasteiger partial charge in [-0.05, 0) is 42.9 Å². The van der Waals surface area contributed by atoms with E-state index in [1.54, 1.807) is 6.07 Å². The Morgan fingerprint density at radius 3 is 3.05 bits per heavy atom. The second-order valence-corrected chi connectivity index (χ2v) is 5.51. The minimum atomic E-state index is -0.245. The lowest BCUT2D eigenvalue weighted by Crippen LogP contribution is -2.38. The van der Waals surface area contributed by atoms with Crippen molar-refractivity contribution in [3.05, 3.63) is 35.6 Å². The summed E-state index contributed by atoms with van der Waals surface area (Å²) in [5.41, 5.74) is 0.915. The van der Waals surface area contributed by atoms with E-state index in [1.165, 1.54) is 12.1 Å². The van der Waals surface area contributed by atoms with Crippen LogP contribution in [0.15, 0.2) is 24.3 Å². The van der Waals surface area contributed by atoms with Gasteiger partial charge in [0.1, 0.15) is 5.82 Å². The summed E-state index contributed by atoms with van der Waals surface area (Å²) in [4.78, 5) is 14.2. The molecule has 2 fully saturated rings. The fourth-order valence-corrected chi connectivity index (χ4v) is 3.10. The zero-order chi connectivity index (χ0) is 13.4. The Balaban J connectivity index is 1.68. The molecule has 1 saturated carbocycles. The van der Waals surface area contributed by atoms with Crippen LogP contribution in [-0.4, -0.2) is 35.1 Å². The molecule has 102 valence electrons. The van der Waals surface area contributed by atoms with Gasteiger partial charge in [0, 0.05) is 12.5 Å². The van der Waals surface area contributed by atoms with Gasteiger partial charge in [-0.25, -0.2) is 4.39 Å². The Kier molecular flexibility index (Phi) is 3.27. The smallest absolute Gasteiger partial charge is 0.226 e. The number of carbonyl (C=O) groups is 1. The highest BCUT2D eigenvalue weighted by molar-refractivity contribution is 5.83. The van der Waals surface area contributed by atoms with Crippen molar-refractivity contribution in [1.29, 1.82) is 0 Å². The standard InChI is InChI=1S/C15H18FNO2/c16-11-4-1-3-10(7-11)13-8-14(13)15(19)17-6-2-5-12(17)9-18/h1,3-4,7,12-14,18H,2,5-6,8-9H2/t12-,13+,14+/m0/s1. The molecule has 1 aliphatic heterocycles. The van der Waals surface area contributed by atoms with Crippen molar-refractivity contribution in [3.8, 4) is 0 Å². The van der Waals surface area contributed by atoms with Crippen molar-refractivity contribution < 1.29 is 14.3 Å². The Morgan fingerprint density at radius 2 is 2.32 bits per heavy atom. The number of aliphatic hydroxyl groups is 1. The van der Waals surface area contributed by atoms with Gasteiger partial charge in [-0.1, -0.05) is 12.1 Å². The van der Waals surface area contributed by atoms with Gasteiger partial charge in [-0.3, -0.25) is 4.79 Å². The van der Waals surface area contributed by atoms with Gasteiger partial charge >= 0.3 is 0 Å². The lowest BCUT2D eigenvalue weighted by molar-refractivity contribution is -0.134. The van der Waals surface area contributed by atoms with Crippen LogP contribution in [0.25, 0.3) is 0 Å². The average Bonchev–Trinajstić information content (AvgIpc) is 3.07. The lowest BCUT2D eigenvalue weighted by Gasteiger charge is -2.23. The fourth-order valence-electron chi connectivity index (χ4n) is 3.10. The molecule has 1 N–H and O–H groups in total. The SMILES string of the molecule is O=C([C@@H]1C[C@@H]1c1cccc(F)c1)N1CCC[C@H]1CO. The molecule has 1 amide bonds. The highest BCUT2D eigenvalue weighted by atomic mass is 19.1. The van der Waals surface area contributed by atoms with Crippen LogP contribution in [0.2, 0.25) is 0 Å². The van der Waals surface area contributed by atoms with Gasteiger partial charge in [-0.15, -0.1) is 0 Å². The van der Waals surface area contributed by atoms with Crippen molar-refractivity contribution in [2.24, 2.45) is 5.92 Å². The Morgan fingerprint density at radius 1 is 1.47 bits per heavy atom. The summed E-state index contributed by atoms with van der Waals surface area (Å²) in [5, 5.41) is 9.26. The van der Waals surface area contributed by atoms with Gasteiger partial charge in [0.05, 0.1) is 12.6 Å². The summed E-state index contributed by atoms with van der Waals surface area (Å²) in [7, 11) is 0. The third-order valence-corrected chi connectivity index (χ3v) is 4.26. The molecule has 3 nitrogen and oxygen atoms in total. The van der Waals surface area contributed by atoms with Crippen LogP contribution < -0.4 is 0 Å². The number of carbonyl (C=O) groups excluding carboxylic acids is 1. The predicted molar refractivity (Wildman–Crippen MR) is 69.1 cm³/mol. The molecular formula is C15H18FNO2. The van der Waals surface area contributed by atoms with E-state index in [9.17, 15) is 14.3 Å². The van der Waals surface area contributed by atoms with Gasteiger partial charge in [0.15, 0.2) is 0 Å². The minimum absolute atomic E-state index is 0.0127. The zero-order valence-electron chi connectivity index (χ0n) is 10.8. The highest BCUT2D eigenvalue weighted by Gasteiger charge is 2.47. The maximum absolute atomic E-state index is 13.2. The second-order valence-electron chi connectivity index (χ2n) is 5.51. The highest BCUT2D eigenvalue weighted by Crippen LogP contribution is 2.49. The Hall–Kier alpha value is -1.42. The number of benzene rings is 1. The molecule has 19 heavy (non-hydrogen) atoms. The van der Waals surface area contributed by atoms with Crippen molar-refractivity contribution in [2.45, 2.75) is 31.2 Å². The lowest BCUT2D eigenvalue weighted by atomic mass is 10.1. The van der Waals surface area contributed by atoms with Crippen LogP contribution in [0.4, 0.5) is 4.39 Å². The molecule has 0 spiro atoms. The summed E-state index contributed by atoms with van der Waals surface area (Å²) in [6.45, 7) is 0.791. The summed E-state index contributed by atoms with van der Waals surface area (Å²) in [5.74, 6) is 0.0212. The van der Waals surface area contributed by atoms with Gasteiger partial charge in [0.2, 0.25) is 5.91 Å². The van der Waals surface area contributed by atoms with Crippen molar-refractivity contribution in [1.82, 2.24) is 4.90 Å². The second kappa shape index (κ2) is 4.93. The largest absolute Gasteiger partial charge is 0.394 e. The fraction of sp³-hybridized carbons (Fsp3) is 0.533. The van der Waals surface area contributed by atoms with Crippen LogP contribution >= 0.6 is 0 Å². The van der Waals surface area contributed by atoms with Crippen molar-refractivity contribution in [2.75, 3.05) is 13.2 Å². The number of rotatable bonds is 3. The maximum atomic E-state index is 13.2. The van der Waals surface area contributed by atoms with E-state index >= 15 is 0 Å². The zero-order valence-corrected chi connectivity index (χ0v) is 10.8. The van der Waals surface area contributed by atoms with E-state index in [1.807, 2.05) is 11.0 Å². The first kappa shape index (κ1) is 12.6. The van der Waals surface area contributed by atoms with E-state index in [0.29, 0.717) is 0 Å². The number of amides is 1. The summed E-state index contributed by atoms with van der Waals surface area (Å²) < 4.78 is 13.2. The summed E-state index contributed by atoms with van der Waals surface area (Å²) in [6.07, 6.45) is 2.66. The molecule has 0 radical (unpaired) electrons. The molecule has 0 aromatic heterocycles. The molecule has 1 aromatic rings. The number of halogens is 1. The first-order valence-corrected chi connectivity index (χ1v) is 6.87. The van der Waals surface area contributed by atoms with Crippen LogP contribution in [0.5, 0.6) is 0 Å². The molecule has 1 aromatic carbocycles. The summed E-state index contributed by atoms with van der Waals surface area (Å²) in [6, 6.07) is 6.50. The molecule has 3 rings (SSSR count). The van der Waals surface area contributed by atoms with E-state index in [-0.39, 0.29) is 36.2 Å². The number of hydrogen-bond acceptors (Lipinski definition) is 2. The van der Waals surface area contributed by atoms with Gasteiger partial charge in [0.25, 0.3) is 0 Å². The average molecular weight is 263 g/mol. The van der Waals surface area contributed by atoms with E-state index in [4.69, 9.17) is 0 Å². The topological polar surface area (TPSA) is 40.5 Å². The number of aliphatic hydroxyl groups excluding tert-OH is 1. The van der Waals surface area contributed by atoms with Crippen LogP contribution in [0, 0.1) is 11.7 Å². The normalized spacial score (nSPS) is 29.6. The van der Waals surface area contributed by atoms with E-state index in [0.717, 1.165) is 31.4 Å².